The molecule has 3 aromatic heterocycles. The highest BCUT2D eigenvalue weighted by molar-refractivity contribution is 5.96. The number of hydrogen-bond donors (Lipinski definition) is 2. The van der Waals surface area contributed by atoms with E-state index in [0.29, 0.717) is 12.2 Å². The Labute approximate surface area is 176 Å². The molecular weight excluding hydrogens is 396 g/mol. The minimum atomic E-state index is -0.535. The van der Waals surface area contributed by atoms with Gasteiger partial charge in [-0.2, -0.15) is 0 Å². The lowest BCUT2D eigenvalue weighted by Crippen LogP contribution is -2.31. The summed E-state index contributed by atoms with van der Waals surface area (Å²) >= 11 is 0. The van der Waals surface area contributed by atoms with Crippen LogP contribution in [-0.4, -0.2) is 30.0 Å². The van der Waals surface area contributed by atoms with Crippen molar-refractivity contribution in [3.05, 3.63) is 92.8 Å². The standard InChI is InChI=1S/C22H20N6O3/c29-20(25-10-14-1-3-15(4-2-14)12-27-8-7-23-13-27)16-9-18-19(24-11-16)28(17-5-6-17)22(31)26-21(18)30/h1-4,7-9,11,13,17H,5-6,10,12H2,(H,25,29)(H,26,30,31). The Balaban J connectivity index is 1.30. The number of benzene rings is 1. The number of hydrogen-bond acceptors (Lipinski definition) is 5. The predicted octanol–water partition coefficient (Wildman–Crippen LogP) is 1.59. The van der Waals surface area contributed by atoms with Crippen molar-refractivity contribution in [3.8, 4) is 0 Å². The van der Waals surface area contributed by atoms with Gasteiger partial charge in [-0.15, -0.1) is 0 Å². The fourth-order valence-electron chi connectivity index (χ4n) is 3.57. The third-order valence-corrected chi connectivity index (χ3v) is 5.35. The smallest absolute Gasteiger partial charge is 0.330 e. The van der Waals surface area contributed by atoms with Gasteiger partial charge in [-0.25, -0.2) is 14.8 Å². The first-order chi connectivity index (χ1) is 15.1. The summed E-state index contributed by atoms with van der Waals surface area (Å²) in [6, 6.07) is 9.50. The second kappa shape index (κ2) is 7.67. The van der Waals surface area contributed by atoms with Gasteiger partial charge in [-0.3, -0.25) is 19.1 Å². The van der Waals surface area contributed by atoms with Gasteiger partial charge in [-0.1, -0.05) is 24.3 Å². The number of nitrogens with zero attached hydrogens (tertiary/aromatic N) is 4. The molecule has 1 saturated carbocycles. The molecule has 1 aliphatic carbocycles. The highest BCUT2D eigenvalue weighted by atomic mass is 16.2. The average molecular weight is 416 g/mol. The van der Waals surface area contributed by atoms with E-state index in [0.717, 1.165) is 30.5 Å². The van der Waals surface area contributed by atoms with Crippen LogP contribution in [0.5, 0.6) is 0 Å². The molecule has 9 heteroatoms. The van der Waals surface area contributed by atoms with Crippen LogP contribution >= 0.6 is 0 Å². The lowest BCUT2D eigenvalue weighted by Gasteiger charge is -2.09. The molecule has 5 rings (SSSR count). The first-order valence-electron chi connectivity index (χ1n) is 10.0. The third-order valence-electron chi connectivity index (χ3n) is 5.35. The molecule has 1 amide bonds. The lowest BCUT2D eigenvalue weighted by atomic mass is 10.1. The van der Waals surface area contributed by atoms with E-state index in [2.05, 4.69) is 20.3 Å². The molecule has 156 valence electrons. The zero-order valence-electron chi connectivity index (χ0n) is 16.6. The fourth-order valence-corrected chi connectivity index (χ4v) is 3.57. The summed E-state index contributed by atoms with van der Waals surface area (Å²) in [5, 5.41) is 3.09. The topological polar surface area (TPSA) is 115 Å². The number of amides is 1. The Hall–Kier alpha value is -4.01. The zero-order valence-corrected chi connectivity index (χ0v) is 16.6. The average Bonchev–Trinajstić information content (AvgIpc) is 3.47. The molecule has 1 aromatic carbocycles. The number of pyridine rings is 1. The largest absolute Gasteiger partial charge is 0.348 e. The highest BCUT2D eigenvalue weighted by Gasteiger charge is 2.27. The van der Waals surface area contributed by atoms with Gasteiger partial charge in [-0.05, 0) is 30.0 Å². The Morgan fingerprint density at radius 2 is 1.94 bits per heavy atom. The van der Waals surface area contributed by atoms with Crippen LogP contribution in [0.15, 0.2) is 64.8 Å². The zero-order chi connectivity index (χ0) is 21.4. The van der Waals surface area contributed by atoms with Crippen LogP contribution in [0.1, 0.15) is 40.4 Å². The van der Waals surface area contributed by atoms with Crippen molar-refractivity contribution in [2.45, 2.75) is 32.0 Å². The molecular formula is C22H20N6O3. The van der Waals surface area contributed by atoms with Crippen molar-refractivity contribution in [3.63, 3.8) is 0 Å². The number of H-pyrrole nitrogens is 1. The Kier molecular flexibility index (Phi) is 4.70. The van der Waals surface area contributed by atoms with Crippen molar-refractivity contribution in [2.24, 2.45) is 0 Å². The number of imidazole rings is 1. The van der Waals surface area contributed by atoms with Gasteiger partial charge in [0.1, 0.15) is 5.65 Å². The van der Waals surface area contributed by atoms with Crippen LogP contribution in [0.25, 0.3) is 11.0 Å². The quantitative estimate of drug-likeness (QED) is 0.495. The van der Waals surface area contributed by atoms with Crippen molar-refractivity contribution < 1.29 is 4.79 Å². The minimum absolute atomic E-state index is 0.0655. The van der Waals surface area contributed by atoms with Crippen LogP contribution < -0.4 is 16.6 Å². The van der Waals surface area contributed by atoms with Crippen LogP contribution in [-0.2, 0) is 13.1 Å². The number of rotatable bonds is 6. The van der Waals surface area contributed by atoms with E-state index in [4.69, 9.17) is 0 Å². The summed E-state index contributed by atoms with van der Waals surface area (Å²) in [5.74, 6) is -0.333. The van der Waals surface area contributed by atoms with Gasteiger partial charge in [0.05, 0.1) is 17.3 Å². The van der Waals surface area contributed by atoms with Gasteiger partial charge in [0, 0.05) is 37.7 Å². The van der Waals surface area contributed by atoms with Gasteiger partial charge in [0.2, 0.25) is 0 Å². The molecule has 2 N–H and O–H groups in total. The maximum absolute atomic E-state index is 12.6. The molecule has 4 aromatic rings. The van der Waals surface area contributed by atoms with Gasteiger partial charge < -0.3 is 9.88 Å². The third kappa shape index (κ3) is 3.89. The molecule has 0 radical (unpaired) electrons. The predicted molar refractivity (Wildman–Crippen MR) is 114 cm³/mol. The van der Waals surface area contributed by atoms with E-state index in [-0.39, 0.29) is 22.9 Å². The molecule has 0 spiro atoms. The minimum Gasteiger partial charge on any atom is -0.348 e. The van der Waals surface area contributed by atoms with Crippen LogP contribution in [0.3, 0.4) is 0 Å². The van der Waals surface area contributed by atoms with E-state index in [1.54, 1.807) is 12.5 Å². The molecule has 0 bridgehead atoms. The van der Waals surface area contributed by atoms with E-state index >= 15 is 0 Å². The molecule has 9 nitrogen and oxygen atoms in total. The number of nitrogens with one attached hydrogen (secondary N) is 2. The molecule has 0 unspecified atom stereocenters. The summed E-state index contributed by atoms with van der Waals surface area (Å²) in [6.07, 6.45) is 8.58. The van der Waals surface area contributed by atoms with Crippen molar-refractivity contribution in [1.82, 2.24) is 29.4 Å². The van der Waals surface area contributed by atoms with E-state index in [1.807, 2.05) is 35.0 Å². The summed E-state index contributed by atoms with van der Waals surface area (Å²) in [6.45, 7) is 1.08. The highest BCUT2D eigenvalue weighted by Crippen LogP contribution is 2.34. The molecule has 0 atom stereocenters. The van der Waals surface area contributed by atoms with Gasteiger partial charge in [0.15, 0.2) is 0 Å². The first kappa shape index (κ1) is 19.0. The fraction of sp³-hybridized carbons (Fsp3) is 0.227. The SMILES string of the molecule is O=C(NCc1ccc(Cn2ccnc2)cc1)c1cnc2c(c1)c(=O)[nH]c(=O)n2C1CC1. The lowest BCUT2D eigenvalue weighted by molar-refractivity contribution is 0.0950. The number of fused-ring (bicyclic) bond motifs is 1. The van der Waals surface area contributed by atoms with E-state index in [9.17, 15) is 14.4 Å². The van der Waals surface area contributed by atoms with Gasteiger partial charge in [0.25, 0.3) is 11.5 Å². The molecule has 0 saturated heterocycles. The summed E-state index contributed by atoms with van der Waals surface area (Å²) in [4.78, 5) is 47.6. The Morgan fingerprint density at radius 3 is 2.65 bits per heavy atom. The summed E-state index contributed by atoms with van der Waals surface area (Å²) < 4.78 is 3.48. The summed E-state index contributed by atoms with van der Waals surface area (Å²) in [5.41, 5.74) is 1.69. The normalized spacial score (nSPS) is 13.4. The van der Waals surface area contributed by atoms with Crippen molar-refractivity contribution in [1.29, 1.82) is 0 Å². The number of carbonyl (C=O) groups excluding carboxylic acids is 1. The molecule has 3 heterocycles. The summed E-state index contributed by atoms with van der Waals surface area (Å²) in [7, 11) is 0. The van der Waals surface area contributed by atoms with Crippen LogP contribution in [0, 0.1) is 0 Å². The number of aromatic nitrogens is 5. The Bertz CT molecular complexity index is 1370. The number of aromatic amines is 1. The second-order valence-corrected chi connectivity index (χ2v) is 7.69. The van der Waals surface area contributed by atoms with Crippen LogP contribution in [0.4, 0.5) is 0 Å². The molecule has 1 aliphatic rings. The first-order valence-corrected chi connectivity index (χ1v) is 10.0. The van der Waals surface area contributed by atoms with Crippen molar-refractivity contribution in [2.75, 3.05) is 0 Å². The monoisotopic (exact) mass is 416 g/mol. The maximum atomic E-state index is 12.6. The van der Waals surface area contributed by atoms with Crippen LogP contribution in [0.2, 0.25) is 0 Å². The number of carbonyl (C=O) groups is 1. The van der Waals surface area contributed by atoms with E-state index < -0.39 is 11.2 Å². The molecule has 31 heavy (non-hydrogen) atoms. The Morgan fingerprint density at radius 1 is 1.16 bits per heavy atom. The van der Waals surface area contributed by atoms with Crippen molar-refractivity contribution >= 4 is 16.9 Å². The molecule has 1 fully saturated rings. The maximum Gasteiger partial charge on any atom is 0.330 e. The van der Waals surface area contributed by atoms with E-state index in [1.165, 1.54) is 16.8 Å². The van der Waals surface area contributed by atoms with Gasteiger partial charge >= 0.3 is 5.69 Å². The second-order valence-electron chi connectivity index (χ2n) is 7.69. The molecule has 0 aliphatic heterocycles.